The lowest BCUT2D eigenvalue weighted by molar-refractivity contribution is 0.0950. The van der Waals surface area contributed by atoms with Gasteiger partial charge in [-0.05, 0) is 17.2 Å². The van der Waals surface area contributed by atoms with E-state index in [0.29, 0.717) is 18.0 Å². The van der Waals surface area contributed by atoms with Crippen LogP contribution in [0.3, 0.4) is 0 Å². The zero-order valence-corrected chi connectivity index (χ0v) is 11.9. The maximum atomic E-state index is 11.9. The molecule has 5 heteroatoms. The fourth-order valence-corrected chi connectivity index (χ4v) is 1.90. The molecular formula is C15H15ClN2O2. The van der Waals surface area contributed by atoms with Gasteiger partial charge in [-0.1, -0.05) is 24.3 Å². The molecule has 1 amide bonds. The van der Waals surface area contributed by atoms with Crippen LogP contribution >= 0.6 is 11.6 Å². The lowest BCUT2D eigenvalue weighted by Gasteiger charge is -2.06. The zero-order valence-electron chi connectivity index (χ0n) is 11.1. The van der Waals surface area contributed by atoms with Crippen LogP contribution in [0.4, 0.5) is 0 Å². The minimum atomic E-state index is -0.260. The van der Waals surface area contributed by atoms with Crippen LogP contribution in [0.5, 0.6) is 0 Å². The van der Waals surface area contributed by atoms with E-state index in [1.807, 2.05) is 24.3 Å². The number of rotatable bonds is 4. The van der Waals surface area contributed by atoms with Gasteiger partial charge in [0.15, 0.2) is 0 Å². The molecule has 104 valence electrons. The average molecular weight is 291 g/mol. The number of hydrogen-bond donors (Lipinski definition) is 1. The van der Waals surface area contributed by atoms with Gasteiger partial charge in [-0.2, -0.15) is 0 Å². The standard InChI is InChI=1S/C15H15ClN2O2/c1-18-7-6-13(8-14(18)19)15(20)17-10-12-4-2-11(9-16)3-5-12/h2-8H,9-10H2,1H3,(H,17,20). The van der Waals surface area contributed by atoms with Gasteiger partial charge in [0.25, 0.3) is 11.5 Å². The molecule has 0 atom stereocenters. The van der Waals surface area contributed by atoms with Crippen LogP contribution in [0.25, 0.3) is 0 Å². The van der Waals surface area contributed by atoms with Crippen LogP contribution in [0, 0.1) is 0 Å². The van der Waals surface area contributed by atoms with Crippen molar-refractivity contribution in [2.75, 3.05) is 0 Å². The largest absolute Gasteiger partial charge is 0.348 e. The molecule has 0 saturated heterocycles. The van der Waals surface area contributed by atoms with E-state index in [1.54, 1.807) is 19.3 Å². The highest BCUT2D eigenvalue weighted by Gasteiger charge is 2.06. The van der Waals surface area contributed by atoms with Crippen molar-refractivity contribution >= 4 is 17.5 Å². The summed E-state index contributed by atoms with van der Waals surface area (Å²) >= 11 is 5.71. The molecule has 1 heterocycles. The Morgan fingerprint density at radius 2 is 1.85 bits per heavy atom. The summed E-state index contributed by atoms with van der Waals surface area (Å²) in [7, 11) is 1.64. The number of carbonyl (C=O) groups is 1. The summed E-state index contributed by atoms with van der Waals surface area (Å²) < 4.78 is 1.42. The molecule has 0 bridgehead atoms. The smallest absolute Gasteiger partial charge is 0.251 e. The molecule has 0 radical (unpaired) electrons. The highest BCUT2D eigenvalue weighted by atomic mass is 35.5. The number of benzene rings is 1. The second-order valence-electron chi connectivity index (χ2n) is 4.50. The van der Waals surface area contributed by atoms with E-state index in [-0.39, 0.29) is 11.5 Å². The topological polar surface area (TPSA) is 51.1 Å². The zero-order chi connectivity index (χ0) is 14.5. The average Bonchev–Trinajstić information content (AvgIpc) is 2.48. The first kappa shape index (κ1) is 14.3. The van der Waals surface area contributed by atoms with E-state index in [1.165, 1.54) is 10.6 Å². The summed E-state index contributed by atoms with van der Waals surface area (Å²) in [6, 6.07) is 10.6. The first-order valence-electron chi connectivity index (χ1n) is 6.19. The second-order valence-corrected chi connectivity index (χ2v) is 4.76. The molecule has 0 spiro atoms. The number of alkyl halides is 1. The predicted molar refractivity (Wildman–Crippen MR) is 78.9 cm³/mol. The fraction of sp³-hybridized carbons (Fsp3) is 0.200. The highest BCUT2D eigenvalue weighted by molar-refractivity contribution is 6.17. The molecule has 0 unspecified atom stereocenters. The molecule has 0 fully saturated rings. The van der Waals surface area contributed by atoms with Crippen molar-refractivity contribution in [1.82, 2.24) is 9.88 Å². The number of halogens is 1. The Labute approximate surface area is 122 Å². The maximum Gasteiger partial charge on any atom is 0.251 e. The molecule has 2 rings (SSSR count). The number of amides is 1. The third-order valence-corrected chi connectivity index (χ3v) is 3.31. The minimum Gasteiger partial charge on any atom is -0.348 e. The molecule has 1 aromatic carbocycles. The van der Waals surface area contributed by atoms with E-state index in [9.17, 15) is 9.59 Å². The Hall–Kier alpha value is -2.07. The molecule has 0 saturated carbocycles. The second kappa shape index (κ2) is 6.39. The Bertz CT molecular complexity index is 662. The summed E-state index contributed by atoms with van der Waals surface area (Å²) in [5.41, 5.74) is 2.18. The number of pyridine rings is 1. The van der Waals surface area contributed by atoms with E-state index < -0.39 is 0 Å². The molecule has 2 aromatic rings. The van der Waals surface area contributed by atoms with Crippen molar-refractivity contribution in [1.29, 1.82) is 0 Å². The molecule has 4 nitrogen and oxygen atoms in total. The van der Waals surface area contributed by atoms with Crippen LogP contribution < -0.4 is 10.9 Å². The minimum absolute atomic E-state index is 0.205. The van der Waals surface area contributed by atoms with E-state index in [4.69, 9.17) is 11.6 Å². The molecule has 0 aliphatic rings. The van der Waals surface area contributed by atoms with Gasteiger partial charge < -0.3 is 9.88 Å². The summed E-state index contributed by atoms with van der Waals surface area (Å²) in [5.74, 6) is 0.212. The van der Waals surface area contributed by atoms with Crippen molar-refractivity contribution in [3.8, 4) is 0 Å². The van der Waals surface area contributed by atoms with Crippen LogP contribution in [0.15, 0.2) is 47.4 Å². The first-order chi connectivity index (χ1) is 9.60. The van der Waals surface area contributed by atoms with Gasteiger partial charge in [-0.3, -0.25) is 9.59 Å². The summed E-state index contributed by atoms with van der Waals surface area (Å²) in [4.78, 5) is 23.4. The number of carbonyl (C=O) groups excluding carboxylic acids is 1. The van der Waals surface area contributed by atoms with Crippen molar-refractivity contribution in [2.45, 2.75) is 12.4 Å². The van der Waals surface area contributed by atoms with Gasteiger partial charge in [0.2, 0.25) is 0 Å². The van der Waals surface area contributed by atoms with Gasteiger partial charge in [-0.15, -0.1) is 11.6 Å². The first-order valence-corrected chi connectivity index (χ1v) is 6.72. The monoisotopic (exact) mass is 290 g/mol. The lowest BCUT2D eigenvalue weighted by atomic mass is 10.1. The summed E-state index contributed by atoms with van der Waals surface area (Å²) in [6.07, 6.45) is 1.58. The number of hydrogen-bond acceptors (Lipinski definition) is 2. The van der Waals surface area contributed by atoms with E-state index in [0.717, 1.165) is 11.1 Å². The Morgan fingerprint density at radius 3 is 2.45 bits per heavy atom. The van der Waals surface area contributed by atoms with Crippen molar-refractivity contribution in [3.05, 3.63) is 69.6 Å². The summed E-state index contributed by atoms with van der Waals surface area (Å²) in [5, 5.41) is 2.78. The molecule has 1 N–H and O–H groups in total. The quantitative estimate of drug-likeness (QED) is 0.876. The van der Waals surface area contributed by atoms with Crippen LogP contribution in [0.2, 0.25) is 0 Å². The van der Waals surface area contributed by atoms with E-state index >= 15 is 0 Å². The van der Waals surface area contributed by atoms with Crippen LogP contribution in [0.1, 0.15) is 21.5 Å². The predicted octanol–water partition coefficient (Wildman–Crippen LogP) is 2.05. The number of aromatic nitrogens is 1. The SMILES string of the molecule is Cn1ccc(C(=O)NCc2ccc(CCl)cc2)cc1=O. The van der Waals surface area contributed by atoms with Crippen molar-refractivity contribution in [3.63, 3.8) is 0 Å². The third-order valence-electron chi connectivity index (χ3n) is 3.00. The summed E-state index contributed by atoms with van der Waals surface area (Å²) in [6.45, 7) is 0.413. The van der Waals surface area contributed by atoms with Gasteiger partial charge in [-0.25, -0.2) is 0 Å². The number of aryl methyl sites for hydroxylation is 1. The molecule has 1 aromatic heterocycles. The van der Waals surface area contributed by atoms with Crippen LogP contribution in [-0.4, -0.2) is 10.5 Å². The fourth-order valence-electron chi connectivity index (χ4n) is 1.72. The third kappa shape index (κ3) is 3.48. The van der Waals surface area contributed by atoms with Gasteiger partial charge in [0, 0.05) is 37.3 Å². The lowest BCUT2D eigenvalue weighted by Crippen LogP contribution is -2.25. The molecular weight excluding hydrogens is 276 g/mol. The maximum absolute atomic E-state index is 11.9. The van der Waals surface area contributed by atoms with Crippen molar-refractivity contribution in [2.24, 2.45) is 7.05 Å². The molecule has 20 heavy (non-hydrogen) atoms. The Kier molecular flexibility index (Phi) is 4.58. The molecule has 0 aliphatic heterocycles. The van der Waals surface area contributed by atoms with Crippen LogP contribution in [-0.2, 0) is 19.5 Å². The van der Waals surface area contributed by atoms with Gasteiger partial charge in [0.1, 0.15) is 0 Å². The van der Waals surface area contributed by atoms with E-state index in [2.05, 4.69) is 5.32 Å². The Balaban J connectivity index is 2.00. The molecule has 0 aliphatic carbocycles. The number of nitrogens with zero attached hydrogens (tertiary/aromatic N) is 1. The van der Waals surface area contributed by atoms with Crippen molar-refractivity contribution < 1.29 is 4.79 Å². The normalized spacial score (nSPS) is 10.3. The highest BCUT2D eigenvalue weighted by Crippen LogP contribution is 2.07. The van der Waals surface area contributed by atoms with Gasteiger partial charge >= 0.3 is 0 Å². The van der Waals surface area contributed by atoms with Gasteiger partial charge in [0.05, 0.1) is 0 Å². The number of nitrogens with one attached hydrogen (secondary N) is 1. The Morgan fingerprint density at radius 1 is 1.20 bits per heavy atom.